The van der Waals surface area contributed by atoms with E-state index in [1.165, 1.54) is 17.0 Å². The smallest absolute Gasteiger partial charge is 0.244 e. The number of carbonyl (C=O) groups is 2. The minimum Gasteiger partial charge on any atom is -0.457 e. The van der Waals surface area contributed by atoms with Crippen LogP contribution in [0.15, 0.2) is 109 Å². The lowest BCUT2D eigenvalue weighted by atomic mass is 10.0. The quantitative estimate of drug-likeness (QED) is 0.164. The number of halogens is 1. The van der Waals surface area contributed by atoms with Crippen LogP contribution in [0.2, 0.25) is 0 Å². The Morgan fingerprint density at radius 2 is 1.42 bits per heavy atom. The Bertz CT molecular complexity index is 1630. The molecule has 0 fully saturated rings. The molecule has 0 saturated carbocycles. The molecule has 0 aromatic heterocycles. The van der Waals surface area contributed by atoms with Gasteiger partial charge in [-0.3, -0.25) is 13.9 Å². The summed E-state index contributed by atoms with van der Waals surface area (Å²) >= 11 is 0. The highest BCUT2D eigenvalue weighted by molar-refractivity contribution is 7.92. The van der Waals surface area contributed by atoms with E-state index in [0.717, 1.165) is 29.0 Å². The van der Waals surface area contributed by atoms with E-state index in [9.17, 15) is 22.4 Å². The number of rotatable bonds is 15. The van der Waals surface area contributed by atoms with E-state index in [1.807, 2.05) is 55.5 Å². The molecule has 0 radical (unpaired) electrons. The summed E-state index contributed by atoms with van der Waals surface area (Å²) in [6.45, 7) is 1.87. The molecular formula is C35H38FN3O5S. The second-order valence-electron chi connectivity index (χ2n) is 10.7. The second-order valence-corrected chi connectivity index (χ2v) is 12.6. The summed E-state index contributed by atoms with van der Waals surface area (Å²) in [7, 11) is -3.92. The Morgan fingerprint density at radius 1 is 0.822 bits per heavy atom. The number of anilines is 1. The largest absolute Gasteiger partial charge is 0.457 e. The fourth-order valence-electron chi connectivity index (χ4n) is 4.77. The molecule has 0 aliphatic carbocycles. The number of nitrogens with one attached hydrogen (secondary N) is 1. The minimum absolute atomic E-state index is 0.0285. The Hall–Kier alpha value is -4.70. The number of para-hydroxylation sites is 1. The highest BCUT2D eigenvalue weighted by Gasteiger charge is 2.33. The van der Waals surface area contributed by atoms with Crippen molar-refractivity contribution in [2.75, 3.05) is 23.7 Å². The van der Waals surface area contributed by atoms with Crippen LogP contribution in [0.1, 0.15) is 30.9 Å². The van der Waals surface area contributed by atoms with Gasteiger partial charge < -0.3 is 15.0 Å². The van der Waals surface area contributed by atoms with Gasteiger partial charge in [-0.2, -0.15) is 0 Å². The zero-order valence-corrected chi connectivity index (χ0v) is 26.3. The molecular weight excluding hydrogens is 593 g/mol. The SMILES string of the molecule is CCCCNC(=O)[C@H](Cc1ccccc1)N(Cc1ccc(F)cc1)C(=O)CN(c1ccc(Oc2ccccc2)cc1)S(C)(=O)=O. The van der Waals surface area contributed by atoms with Crippen molar-refractivity contribution in [1.29, 1.82) is 0 Å². The van der Waals surface area contributed by atoms with E-state index in [-0.39, 0.29) is 24.6 Å². The van der Waals surface area contributed by atoms with E-state index >= 15 is 0 Å². The summed E-state index contributed by atoms with van der Waals surface area (Å²) in [4.78, 5) is 29.2. The van der Waals surface area contributed by atoms with Crippen molar-refractivity contribution < 1.29 is 27.1 Å². The predicted molar refractivity (Wildman–Crippen MR) is 174 cm³/mol. The Balaban J connectivity index is 1.66. The maximum absolute atomic E-state index is 14.2. The first kappa shape index (κ1) is 33.2. The molecule has 45 heavy (non-hydrogen) atoms. The average molecular weight is 632 g/mol. The molecule has 1 atom stereocenters. The van der Waals surface area contributed by atoms with Gasteiger partial charge in [-0.15, -0.1) is 0 Å². The van der Waals surface area contributed by atoms with E-state index in [0.29, 0.717) is 23.6 Å². The zero-order chi connectivity index (χ0) is 32.2. The molecule has 0 aliphatic heterocycles. The molecule has 0 heterocycles. The number of sulfonamides is 1. The lowest BCUT2D eigenvalue weighted by Crippen LogP contribution is -2.53. The molecule has 236 valence electrons. The highest BCUT2D eigenvalue weighted by Crippen LogP contribution is 2.26. The molecule has 0 aliphatic rings. The van der Waals surface area contributed by atoms with Crippen LogP contribution >= 0.6 is 0 Å². The Kier molecular flexibility index (Phi) is 11.7. The van der Waals surface area contributed by atoms with Crippen molar-refractivity contribution in [3.63, 3.8) is 0 Å². The van der Waals surface area contributed by atoms with Gasteiger partial charge in [-0.25, -0.2) is 12.8 Å². The Morgan fingerprint density at radius 3 is 2.02 bits per heavy atom. The van der Waals surface area contributed by atoms with Crippen molar-refractivity contribution >= 4 is 27.5 Å². The van der Waals surface area contributed by atoms with Crippen LogP contribution in [0, 0.1) is 5.82 Å². The number of benzene rings is 4. The normalized spacial score (nSPS) is 11.8. The first-order valence-corrected chi connectivity index (χ1v) is 16.6. The molecule has 1 N–H and O–H groups in total. The van der Waals surface area contributed by atoms with Crippen molar-refractivity contribution in [3.8, 4) is 11.5 Å². The molecule has 0 unspecified atom stereocenters. The molecule has 0 saturated heterocycles. The van der Waals surface area contributed by atoms with Crippen LogP contribution in [-0.2, 0) is 32.6 Å². The van der Waals surface area contributed by atoms with Crippen molar-refractivity contribution in [2.24, 2.45) is 0 Å². The number of amides is 2. The number of carbonyl (C=O) groups excluding carboxylic acids is 2. The lowest BCUT2D eigenvalue weighted by Gasteiger charge is -2.33. The standard InChI is InChI=1S/C35H38FN3O5S/c1-3-4-23-37-35(41)33(24-27-11-7-5-8-12-27)38(25-28-15-17-29(36)18-16-28)34(40)26-39(45(2,42)43)30-19-21-32(22-20-30)44-31-13-9-6-10-14-31/h5-22,33H,3-4,23-26H2,1-2H3,(H,37,41)/t33-/m0/s1. The summed E-state index contributed by atoms with van der Waals surface area (Å²) in [6, 6.07) is 29.5. The predicted octanol–water partition coefficient (Wildman–Crippen LogP) is 5.94. The topological polar surface area (TPSA) is 96.0 Å². The van der Waals surface area contributed by atoms with Crippen LogP contribution in [0.25, 0.3) is 0 Å². The number of nitrogens with zero attached hydrogens (tertiary/aromatic N) is 2. The number of hydrogen-bond donors (Lipinski definition) is 1. The van der Waals surface area contributed by atoms with Crippen LogP contribution in [0.3, 0.4) is 0 Å². The second kappa shape index (κ2) is 15.9. The monoisotopic (exact) mass is 631 g/mol. The van der Waals surface area contributed by atoms with E-state index in [4.69, 9.17) is 4.74 Å². The number of unbranched alkanes of at least 4 members (excludes halogenated alkanes) is 1. The fourth-order valence-corrected chi connectivity index (χ4v) is 5.62. The molecule has 0 spiro atoms. The van der Waals surface area contributed by atoms with Gasteiger partial charge in [0.05, 0.1) is 11.9 Å². The van der Waals surface area contributed by atoms with Crippen LogP contribution < -0.4 is 14.4 Å². The van der Waals surface area contributed by atoms with Gasteiger partial charge in [0.15, 0.2) is 0 Å². The van der Waals surface area contributed by atoms with Gasteiger partial charge in [0, 0.05) is 19.5 Å². The molecule has 2 amide bonds. The van der Waals surface area contributed by atoms with Gasteiger partial charge in [-0.1, -0.05) is 74.0 Å². The third kappa shape index (κ3) is 9.90. The summed E-state index contributed by atoms with van der Waals surface area (Å²) in [6.07, 6.45) is 2.87. The van der Waals surface area contributed by atoms with Crippen LogP contribution in [0.4, 0.5) is 10.1 Å². The summed E-state index contributed by atoms with van der Waals surface area (Å²) < 4.78 is 46.7. The molecule has 10 heteroatoms. The van der Waals surface area contributed by atoms with Gasteiger partial charge in [0.1, 0.15) is 29.9 Å². The zero-order valence-electron chi connectivity index (χ0n) is 25.4. The maximum atomic E-state index is 14.2. The van der Waals surface area contributed by atoms with Crippen molar-refractivity contribution in [3.05, 3.63) is 126 Å². The third-order valence-electron chi connectivity index (χ3n) is 7.15. The molecule has 4 aromatic rings. The number of hydrogen-bond acceptors (Lipinski definition) is 5. The molecule has 4 aromatic carbocycles. The van der Waals surface area contributed by atoms with Crippen molar-refractivity contribution in [1.82, 2.24) is 10.2 Å². The average Bonchev–Trinajstić information content (AvgIpc) is 3.03. The lowest BCUT2D eigenvalue weighted by molar-refractivity contribution is -0.140. The maximum Gasteiger partial charge on any atom is 0.244 e. The first-order chi connectivity index (χ1) is 21.6. The van der Waals surface area contributed by atoms with E-state index in [1.54, 1.807) is 48.5 Å². The van der Waals surface area contributed by atoms with E-state index < -0.39 is 34.3 Å². The Labute approximate surface area is 264 Å². The third-order valence-corrected chi connectivity index (χ3v) is 8.29. The highest BCUT2D eigenvalue weighted by atomic mass is 32.2. The van der Waals surface area contributed by atoms with Crippen LogP contribution in [-0.4, -0.2) is 50.5 Å². The van der Waals surface area contributed by atoms with Gasteiger partial charge in [0.2, 0.25) is 21.8 Å². The van der Waals surface area contributed by atoms with Gasteiger partial charge in [0.25, 0.3) is 0 Å². The van der Waals surface area contributed by atoms with E-state index in [2.05, 4.69) is 5.32 Å². The summed E-state index contributed by atoms with van der Waals surface area (Å²) in [5.41, 5.74) is 1.69. The van der Waals surface area contributed by atoms with Crippen molar-refractivity contribution in [2.45, 2.75) is 38.8 Å². The molecule has 8 nitrogen and oxygen atoms in total. The fraction of sp³-hybridized carbons (Fsp3) is 0.257. The van der Waals surface area contributed by atoms with Gasteiger partial charge in [-0.05, 0) is 66.1 Å². The molecule has 4 rings (SSSR count). The number of ether oxygens (including phenoxy) is 1. The minimum atomic E-state index is -3.92. The van der Waals surface area contributed by atoms with Crippen LogP contribution in [0.5, 0.6) is 11.5 Å². The first-order valence-electron chi connectivity index (χ1n) is 14.8. The molecule has 0 bridgehead atoms. The van der Waals surface area contributed by atoms with Gasteiger partial charge >= 0.3 is 0 Å². The summed E-state index contributed by atoms with van der Waals surface area (Å²) in [5.74, 6) is -0.248. The summed E-state index contributed by atoms with van der Waals surface area (Å²) in [5, 5.41) is 2.94.